The molecule has 0 saturated heterocycles. The van der Waals surface area contributed by atoms with Crippen molar-refractivity contribution in [1.29, 1.82) is 0 Å². The molecule has 2 fully saturated rings. The molecule has 4 aliphatic rings. The lowest BCUT2D eigenvalue weighted by atomic mass is 9.81. The highest BCUT2D eigenvalue weighted by atomic mass is 32.2. The van der Waals surface area contributed by atoms with Crippen LogP contribution in [0.1, 0.15) is 83.2 Å². The molecule has 1 aromatic heterocycles. The fourth-order valence-electron chi connectivity index (χ4n) is 7.23. The van der Waals surface area contributed by atoms with Crippen LogP contribution in [0.15, 0.2) is 65.1 Å². The molecular formula is C37H39F2N3O3S2. The Labute approximate surface area is 282 Å². The number of thiophene rings is 1. The Morgan fingerprint density at radius 2 is 1.66 bits per heavy atom. The first kappa shape index (κ1) is 32.5. The lowest BCUT2D eigenvalue weighted by Crippen LogP contribution is -2.46. The number of aryl methyl sites for hydroxylation is 1. The zero-order valence-corrected chi connectivity index (χ0v) is 28.0. The maximum absolute atomic E-state index is 15.6. The molecule has 2 aliphatic carbocycles. The molecule has 0 amide bonds. The minimum atomic E-state index is -0.838. The van der Waals surface area contributed by atoms with Gasteiger partial charge in [0.2, 0.25) is 5.12 Å². The summed E-state index contributed by atoms with van der Waals surface area (Å²) in [6.45, 7) is 2.74. The number of ketones is 2. The highest BCUT2D eigenvalue weighted by Gasteiger charge is 2.50. The molecule has 2 aliphatic heterocycles. The molecule has 3 heterocycles. The molecule has 6 nitrogen and oxygen atoms in total. The molecule has 47 heavy (non-hydrogen) atoms. The van der Waals surface area contributed by atoms with Crippen LogP contribution in [0, 0.1) is 36.3 Å². The smallest absolute Gasteiger partial charge is 0.202 e. The van der Waals surface area contributed by atoms with E-state index in [4.69, 9.17) is 5.73 Å². The number of nitrogens with two attached hydrogens (primary N) is 1. The third kappa shape index (κ3) is 6.68. The van der Waals surface area contributed by atoms with Crippen molar-refractivity contribution in [2.24, 2.45) is 23.5 Å². The molecule has 0 bridgehead atoms. The van der Waals surface area contributed by atoms with E-state index in [2.05, 4.69) is 16.3 Å². The number of hydrogen-bond acceptors (Lipinski definition) is 8. The second-order valence-corrected chi connectivity index (χ2v) is 15.7. The summed E-state index contributed by atoms with van der Waals surface area (Å²) < 4.78 is 30.3. The van der Waals surface area contributed by atoms with Gasteiger partial charge >= 0.3 is 0 Å². The normalized spacial score (nSPS) is 22.8. The molecular weight excluding hydrogens is 637 g/mol. The van der Waals surface area contributed by atoms with Crippen LogP contribution >= 0.6 is 23.1 Å². The Morgan fingerprint density at radius 3 is 2.32 bits per heavy atom. The predicted molar refractivity (Wildman–Crippen MR) is 180 cm³/mol. The molecule has 246 valence electrons. The monoisotopic (exact) mass is 675 g/mol. The topological polar surface area (TPSA) is 92.5 Å². The number of hydrogen-bond donors (Lipinski definition) is 2. The Bertz CT molecular complexity index is 1750. The number of nitrogens with zero attached hydrogens (tertiary/aromatic N) is 1. The first-order valence-electron chi connectivity index (χ1n) is 16.5. The van der Waals surface area contributed by atoms with E-state index in [0.717, 1.165) is 46.6 Å². The number of allylic oxidation sites excluding steroid dienone is 1. The zero-order chi connectivity index (χ0) is 32.8. The summed E-state index contributed by atoms with van der Waals surface area (Å²) in [6, 6.07) is 13.6. The van der Waals surface area contributed by atoms with Gasteiger partial charge in [0.1, 0.15) is 17.4 Å². The minimum Gasteiger partial charge on any atom is -0.312 e. The van der Waals surface area contributed by atoms with Crippen LogP contribution in [0.3, 0.4) is 0 Å². The van der Waals surface area contributed by atoms with Crippen LogP contribution in [0.25, 0.3) is 0 Å². The van der Waals surface area contributed by atoms with Gasteiger partial charge < -0.3 is 5.73 Å². The Kier molecular flexibility index (Phi) is 9.32. The highest BCUT2D eigenvalue weighted by molar-refractivity contribution is 8.17. The van der Waals surface area contributed by atoms with Gasteiger partial charge in [0, 0.05) is 52.2 Å². The van der Waals surface area contributed by atoms with Crippen molar-refractivity contribution in [3.8, 4) is 0 Å². The molecule has 2 saturated carbocycles. The van der Waals surface area contributed by atoms with Gasteiger partial charge in [-0.25, -0.2) is 8.78 Å². The van der Waals surface area contributed by atoms with E-state index in [9.17, 15) is 18.8 Å². The van der Waals surface area contributed by atoms with Crippen molar-refractivity contribution in [1.82, 2.24) is 10.2 Å². The van der Waals surface area contributed by atoms with Gasteiger partial charge in [0.15, 0.2) is 5.78 Å². The van der Waals surface area contributed by atoms with Crippen LogP contribution in [0.4, 0.5) is 8.78 Å². The van der Waals surface area contributed by atoms with Crippen LogP contribution in [-0.2, 0) is 20.8 Å². The van der Waals surface area contributed by atoms with Gasteiger partial charge in [-0.1, -0.05) is 48.2 Å². The Morgan fingerprint density at radius 1 is 1.00 bits per heavy atom. The van der Waals surface area contributed by atoms with Gasteiger partial charge in [-0.2, -0.15) is 0 Å². The van der Waals surface area contributed by atoms with Gasteiger partial charge in [0.05, 0.1) is 24.2 Å². The van der Waals surface area contributed by atoms with Crippen LogP contribution in [0.2, 0.25) is 0 Å². The summed E-state index contributed by atoms with van der Waals surface area (Å²) in [5.41, 5.74) is 8.92. The number of halogens is 2. The van der Waals surface area contributed by atoms with Crippen molar-refractivity contribution < 1.29 is 23.2 Å². The summed E-state index contributed by atoms with van der Waals surface area (Å²) in [7, 11) is 0. The molecule has 0 radical (unpaired) electrons. The van der Waals surface area contributed by atoms with E-state index < -0.39 is 35.8 Å². The quantitative estimate of drug-likeness (QED) is 0.187. The maximum Gasteiger partial charge on any atom is 0.202 e. The van der Waals surface area contributed by atoms with Crippen molar-refractivity contribution in [2.75, 3.05) is 13.1 Å². The molecule has 4 unspecified atom stereocenters. The van der Waals surface area contributed by atoms with Gasteiger partial charge in [-0.05, 0) is 79.7 Å². The summed E-state index contributed by atoms with van der Waals surface area (Å²) in [6.07, 6.45) is 4.06. The number of carbonyl (C=O) groups is 3. The fourth-order valence-corrected chi connectivity index (χ4v) is 9.47. The average Bonchev–Trinajstić information content (AvgIpc) is 3.99. The molecule has 3 aromatic rings. The first-order chi connectivity index (χ1) is 22.7. The van der Waals surface area contributed by atoms with Crippen molar-refractivity contribution in [2.45, 2.75) is 70.1 Å². The van der Waals surface area contributed by atoms with E-state index in [1.54, 1.807) is 47.7 Å². The average molecular weight is 676 g/mol. The molecule has 2 aromatic carbocycles. The van der Waals surface area contributed by atoms with Crippen molar-refractivity contribution in [3.05, 3.63) is 103 Å². The summed E-state index contributed by atoms with van der Waals surface area (Å²) in [5, 5.41) is 3.21. The summed E-state index contributed by atoms with van der Waals surface area (Å²) in [5.74, 6) is -1.32. The Balaban J connectivity index is 1.30. The third-order valence-corrected chi connectivity index (χ3v) is 12.2. The van der Waals surface area contributed by atoms with Crippen LogP contribution < -0.4 is 11.1 Å². The molecule has 4 atom stereocenters. The largest absolute Gasteiger partial charge is 0.312 e. The summed E-state index contributed by atoms with van der Waals surface area (Å²) in [4.78, 5) is 46.4. The number of fused-ring (bicyclic) bond motifs is 1. The highest BCUT2D eigenvalue weighted by Crippen LogP contribution is 2.53. The molecule has 3 N–H and O–H groups in total. The van der Waals surface area contributed by atoms with E-state index in [0.29, 0.717) is 36.9 Å². The van der Waals surface area contributed by atoms with Crippen molar-refractivity contribution in [3.63, 3.8) is 0 Å². The van der Waals surface area contributed by atoms with E-state index in [1.165, 1.54) is 28.8 Å². The number of thioether (sulfide) groups is 1. The second kappa shape index (κ2) is 13.5. The Hall–Kier alpha value is -3.02. The predicted octanol–water partition coefficient (Wildman–Crippen LogP) is 7.10. The standard InChI is InChI=1S/C37H39F2N3O3S2/c1-20-18-25-31(46-20)16-17-42(34(35(44)22-12-13-22)23-6-2-4-8-27(23)38)33(25)32-26(19-41-36(40)24-7-3-5-9-28(24)39)30(47-37(32)45)15-14-29(43)21-10-11-21/h2-9,18,21-22,32-34,36,41H,10-17,19,40H2,1H3. The first-order valence-corrected chi connectivity index (χ1v) is 18.2. The fraction of sp³-hybridized carbons (Fsp3) is 0.432. The number of benzene rings is 2. The van der Waals surface area contributed by atoms with Crippen LogP contribution in [-0.4, -0.2) is 34.7 Å². The van der Waals surface area contributed by atoms with Crippen molar-refractivity contribution >= 4 is 39.8 Å². The molecule has 7 rings (SSSR count). The van der Waals surface area contributed by atoms with Gasteiger partial charge in [-0.15, -0.1) is 11.3 Å². The van der Waals surface area contributed by atoms with Gasteiger partial charge in [0.25, 0.3) is 0 Å². The number of Topliss-reactive ketones (excluding diaryl/α,β-unsaturated/α-hetero) is 2. The number of carbonyl (C=O) groups excluding carboxylic acids is 3. The second-order valence-electron chi connectivity index (χ2n) is 13.2. The van der Waals surface area contributed by atoms with E-state index >= 15 is 4.39 Å². The number of rotatable bonds is 13. The number of nitrogens with one attached hydrogen (secondary N) is 1. The summed E-state index contributed by atoms with van der Waals surface area (Å²) >= 11 is 2.87. The van der Waals surface area contributed by atoms with Crippen LogP contribution in [0.5, 0.6) is 0 Å². The molecule has 10 heteroatoms. The van der Waals surface area contributed by atoms with E-state index in [1.807, 2.05) is 6.92 Å². The maximum atomic E-state index is 15.6. The third-order valence-electron chi connectivity index (χ3n) is 9.93. The minimum absolute atomic E-state index is 0.00548. The SMILES string of the molecule is Cc1cc2c(s1)CCN(C(C(=O)C1CC1)c1ccccc1F)C2C1C(=O)SC(CCC(=O)C2CC2)=C1CNC(N)c1ccccc1F. The lowest BCUT2D eigenvalue weighted by Gasteiger charge is -2.43. The zero-order valence-electron chi connectivity index (χ0n) is 26.3. The molecule has 0 spiro atoms. The lowest BCUT2D eigenvalue weighted by molar-refractivity contribution is -0.129. The van der Waals surface area contributed by atoms with Gasteiger partial charge in [-0.3, -0.25) is 24.6 Å². The van der Waals surface area contributed by atoms with E-state index in [-0.39, 0.29) is 35.1 Å².